The van der Waals surface area contributed by atoms with Gasteiger partial charge in [0.1, 0.15) is 0 Å². The fraction of sp³-hybridized carbons (Fsp3) is 0.250. The van der Waals surface area contributed by atoms with Gasteiger partial charge in [-0.3, -0.25) is 4.72 Å². The Bertz CT molecular complexity index is 227. The SMILES string of the molecule is CCNSc1ccccc1Cl. The summed E-state index contributed by atoms with van der Waals surface area (Å²) in [7, 11) is 0. The Morgan fingerprint density at radius 3 is 2.82 bits per heavy atom. The number of nitrogens with one attached hydrogen (secondary N) is 1. The third kappa shape index (κ3) is 2.73. The van der Waals surface area contributed by atoms with Crippen molar-refractivity contribution in [3.05, 3.63) is 29.3 Å². The Labute approximate surface area is 76.3 Å². The van der Waals surface area contributed by atoms with Gasteiger partial charge >= 0.3 is 0 Å². The van der Waals surface area contributed by atoms with E-state index in [0.717, 1.165) is 16.5 Å². The van der Waals surface area contributed by atoms with Crippen molar-refractivity contribution in [1.82, 2.24) is 4.72 Å². The molecular formula is C8H10ClNS. The Morgan fingerprint density at radius 2 is 2.18 bits per heavy atom. The molecule has 0 spiro atoms. The minimum absolute atomic E-state index is 0.804. The third-order valence-electron chi connectivity index (χ3n) is 1.16. The largest absolute Gasteiger partial charge is 0.260 e. The lowest BCUT2D eigenvalue weighted by Gasteiger charge is -2.01. The average molecular weight is 188 g/mol. The highest BCUT2D eigenvalue weighted by Gasteiger charge is 1.96. The van der Waals surface area contributed by atoms with Gasteiger partial charge in [0.2, 0.25) is 0 Å². The summed E-state index contributed by atoms with van der Waals surface area (Å²) in [4.78, 5) is 1.08. The van der Waals surface area contributed by atoms with E-state index in [2.05, 4.69) is 11.6 Å². The molecule has 0 fully saturated rings. The summed E-state index contributed by atoms with van der Waals surface area (Å²) >= 11 is 7.46. The van der Waals surface area contributed by atoms with Crippen LogP contribution in [0.2, 0.25) is 5.02 Å². The highest BCUT2D eigenvalue weighted by atomic mass is 35.5. The second-order valence-corrected chi connectivity index (χ2v) is 3.37. The molecule has 1 aromatic rings. The van der Waals surface area contributed by atoms with Gasteiger partial charge in [-0.15, -0.1) is 0 Å². The number of benzene rings is 1. The maximum Gasteiger partial charge on any atom is 0.0555 e. The van der Waals surface area contributed by atoms with Crippen molar-refractivity contribution in [3.63, 3.8) is 0 Å². The molecule has 11 heavy (non-hydrogen) atoms. The van der Waals surface area contributed by atoms with E-state index in [4.69, 9.17) is 11.6 Å². The third-order valence-corrected chi connectivity index (χ3v) is 2.61. The summed E-state index contributed by atoms with van der Waals surface area (Å²) in [6.45, 7) is 3.00. The molecule has 1 aromatic carbocycles. The highest BCUT2D eigenvalue weighted by molar-refractivity contribution is 7.97. The van der Waals surface area contributed by atoms with Crippen molar-refractivity contribution < 1.29 is 0 Å². The molecule has 1 rings (SSSR count). The van der Waals surface area contributed by atoms with Crippen LogP contribution in [0.15, 0.2) is 29.2 Å². The zero-order valence-electron chi connectivity index (χ0n) is 6.30. The van der Waals surface area contributed by atoms with Crippen LogP contribution in [-0.4, -0.2) is 6.54 Å². The van der Waals surface area contributed by atoms with Crippen LogP contribution in [0.5, 0.6) is 0 Å². The molecule has 0 saturated heterocycles. The first-order chi connectivity index (χ1) is 5.34. The maximum absolute atomic E-state index is 5.90. The Morgan fingerprint density at radius 1 is 1.45 bits per heavy atom. The van der Waals surface area contributed by atoms with E-state index in [1.54, 1.807) is 11.9 Å². The number of hydrogen-bond acceptors (Lipinski definition) is 2. The molecule has 0 unspecified atom stereocenters. The number of hydrogen-bond donors (Lipinski definition) is 1. The van der Waals surface area contributed by atoms with Gasteiger partial charge < -0.3 is 0 Å². The smallest absolute Gasteiger partial charge is 0.0555 e. The van der Waals surface area contributed by atoms with Crippen LogP contribution < -0.4 is 4.72 Å². The van der Waals surface area contributed by atoms with Crippen LogP contribution in [0.1, 0.15) is 6.92 Å². The van der Waals surface area contributed by atoms with Gasteiger partial charge in [-0.1, -0.05) is 30.7 Å². The maximum atomic E-state index is 5.90. The van der Waals surface area contributed by atoms with E-state index in [0.29, 0.717) is 0 Å². The zero-order valence-corrected chi connectivity index (χ0v) is 7.88. The second kappa shape index (κ2) is 4.65. The van der Waals surface area contributed by atoms with E-state index in [1.807, 2.05) is 24.3 Å². The molecule has 0 bridgehead atoms. The van der Waals surface area contributed by atoms with Crippen LogP contribution in [0.3, 0.4) is 0 Å². The topological polar surface area (TPSA) is 12.0 Å². The van der Waals surface area contributed by atoms with E-state index in [-0.39, 0.29) is 0 Å². The van der Waals surface area contributed by atoms with E-state index < -0.39 is 0 Å². The molecule has 0 atom stereocenters. The van der Waals surface area contributed by atoms with E-state index in [1.165, 1.54) is 0 Å². The molecule has 3 heteroatoms. The van der Waals surface area contributed by atoms with Gasteiger partial charge in [-0.2, -0.15) is 0 Å². The van der Waals surface area contributed by atoms with Crippen molar-refractivity contribution in [2.24, 2.45) is 0 Å². The first-order valence-corrected chi connectivity index (χ1v) is 4.68. The molecule has 0 aliphatic carbocycles. The Balaban J connectivity index is 2.62. The van der Waals surface area contributed by atoms with Gasteiger partial charge in [0.05, 0.1) is 5.02 Å². The van der Waals surface area contributed by atoms with Crippen molar-refractivity contribution in [2.75, 3.05) is 6.54 Å². The summed E-state index contributed by atoms with van der Waals surface area (Å²) in [5.41, 5.74) is 0. The predicted octanol–water partition coefficient (Wildman–Crippen LogP) is 2.96. The van der Waals surface area contributed by atoms with Crippen molar-refractivity contribution in [2.45, 2.75) is 11.8 Å². The summed E-state index contributed by atoms with van der Waals surface area (Å²) in [5.74, 6) is 0. The summed E-state index contributed by atoms with van der Waals surface area (Å²) in [6.07, 6.45) is 0. The first-order valence-electron chi connectivity index (χ1n) is 3.49. The fourth-order valence-corrected chi connectivity index (χ4v) is 1.54. The lowest BCUT2D eigenvalue weighted by atomic mass is 10.4. The summed E-state index contributed by atoms with van der Waals surface area (Å²) in [6, 6.07) is 7.79. The van der Waals surface area contributed by atoms with Crippen molar-refractivity contribution in [1.29, 1.82) is 0 Å². The van der Waals surface area contributed by atoms with Crippen molar-refractivity contribution in [3.8, 4) is 0 Å². The van der Waals surface area contributed by atoms with Gasteiger partial charge in [0.25, 0.3) is 0 Å². The molecular weight excluding hydrogens is 178 g/mol. The van der Waals surface area contributed by atoms with Gasteiger partial charge in [0.15, 0.2) is 0 Å². The molecule has 0 aliphatic heterocycles. The van der Waals surface area contributed by atoms with Crippen LogP contribution >= 0.6 is 23.5 Å². The lowest BCUT2D eigenvalue weighted by Crippen LogP contribution is -1.99. The molecule has 0 radical (unpaired) electrons. The lowest BCUT2D eigenvalue weighted by molar-refractivity contribution is 1.03. The monoisotopic (exact) mass is 187 g/mol. The molecule has 60 valence electrons. The molecule has 0 saturated carbocycles. The van der Waals surface area contributed by atoms with Gasteiger partial charge in [0, 0.05) is 11.4 Å². The van der Waals surface area contributed by atoms with Crippen LogP contribution in [0.25, 0.3) is 0 Å². The minimum atomic E-state index is 0.804. The fourth-order valence-electron chi connectivity index (χ4n) is 0.677. The Hall–Kier alpha value is -0.180. The number of halogens is 1. The van der Waals surface area contributed by atoms with E-state index in [9.17, 15) is 0 Å². The highest BCUT2D eigenvalue weighted by Crippen LogP contribution is 2.23. The van der Waals surface area contributed by atoms with Crippen molar-refractivity contribution >= 4 is 23.5 Å². The quantitative estimate of drug-likeness (QED) is 0.731. The zero-order chi connectivity index (χ0) is 8.10. The summed E-state index contributed by atoms with van der Waals surface area (Å²) in [5, 5.41) is 0.804. The minimum Gasteiger partial charge on any atom is -0.260 e. The number of rotatable bonds is 3. The second-order valence-electron chi connectivity index (χ2n) is 2.03. The molecule has 0 aromatic heterocycles. The summed E-state index contributed by atoms with van der Waals surface area (Å²) < 4.78 is 3.14. The predicted molar refractivity (Wildman–Crippen MR) is 51.0 cm³/mol. The average Bonchev–Trinajstić information content (AvgIpc) is 2.03. The normalized spacial score (nSPS) is 10.0. The van der Waals surface area contributed by atoms with Gasteiger partial charge in [-0.25, -0.2) is 0 Å². The van der Waals surface area contributed by atoms with E-state index >= 15 is 0 Å². The molecule has 1 N–H and O–H groups in total. The van der Waals surface area contributed by atoms with Crippen LogP contribution in [0.4, 0.5) is 0 Å². The molecule has 1 nitrogen and oxygen atoms in total. The molecule has 0 amide bonds. The van der Waals surface area contributed by atoms with Gasteiger partial charge in [-0.05, 0) is 24.1 Å². The van der Waals surface area contributed by atoms with Crippen LogP contribution in [0, 0.1) is 0 Å². The molecule has 0 aliphatic rings. The molecule has 0 heterocycles. The van der Waals surface area contributed by atoms with Crippen LogP contribution in [-0.2, 0) is 0 Å². The Kier molecular flexibility index (Phi) is 3.77. The first kappa shape index (κ1) is 8.91. The standard InChI is InChI=1S/C8H10ClNS/c1-2-10-11-8-6-4-3-5-7(8)9/h3-6,10H,2H2,1H3.